The molecule has 4 aliphatic carbocycles. The van der Waals surface area contributed by atoms with Gasteiger partial charge in [-0.3, -0.25) is 9.59 Å². The summed E-state index contributed by atoms with van der Waals surface area (Å²) in [6, 6.07) is 2.96. The number of hydrogen-bond donors (Lipinski definition) is 2. The first-order valence-electron chi connectivity index (χ1n) is 10.4. The number of hydrogen-bond acceptors (Lipinski definition) is 2. The molecule has 0 radical (unpaired) electrons. The highest BCUT2D eigenvalue weighted by atomic mass is 19.1. The number of benzene rings is 1. The van der Waals surface area contributed by atoms with Gasteiger partial charge in [-0.2, -0.15) is 0 Å². The zero-order valence-corrected chi connectivity index (χ0v) is 16.3. The van der Waals surface area contributed by atoms with E-state index in [0.717, 1.165) is 29.9 Å². The SMILES string of the molecule is CC(NC(=O)CCNC(=O)c1ccc(F)cc1F)C12CC3CC(CC(C3)C1)C2. The van der Waals surface area contributed by atoms with Crippen molar-refractivity contribution in [2.45, 2.75) is 57.9 Å². The fraction of sp³-hybridized carbons (Fsp3) is 0.636. The van der Waals surface area contributed by atoms with Crippen molar-refractivity contribution in [1.29, 1.82) is 0 Å². The lowest BCUT2D eigenvalue weighted by Gasteiger charge is -2.59. The van der Waals surface area contributed by atoms with Crippen molar-refractivity contribution in [2.75, 3.05) is 6.54 Å². The van der Waals surface area contributed by atoms with Gasteiger partial charge in [-0.1, -0.05) is 0 Å². The summed E-state index contributed by atoms with van der Waals surface area (Å²) in [5.74, 6) is 0.119. The molecule has 6 heteroatoms. The first kappa shape index (κ1) is 19.3. The Morgan fingerprint density at radius 1 is 1.11 bits per heavy atom. The first-order valence-corrected chi connectivity index (χ1v) is 10.4. The van der Waals surface area contributed by atoms with Crippen LogP contribution in [0.25, 0.3) is 0 Å². The molecule has 4 fully saturated rings. The minimum absolute atomic E-state index is 0.0943. The molecule has 4 bridgehead atoms. The predicted octanol–water partition coefficient (Wildman–Crippen LogP) is 3.81. The highest BCUT2D eigenvalue weighted by Gasteiger charge is 2.53. The molecule has 0 heterocycles. The summed E-state index contributed by atoms with van der Waals surface area (Å²) in [7, 11) is 0. The highest BCUT2D eigenvalue weighted by molar-refractivity contribution is 5.94. The standard InChI is InChI=1S/C22H28F2N2O2/c1-13(22-10-14-6-15(11-22)8-16(7-14)12-22)26-20(27)4-5-25-21(28)18-3-2-17(23)9-19(18)24/h2-3,9,13-16H,4-8,10-12H2,1H3,(H,25,28)(H,26,27). The average Bonchev–Trinajstić information content (AvgIpc) is 2.60. The van der Waals surface area contributed by atoms with Crippen LogP contribution in [-0.2, 0) is 4.79 Å². The zero-order valence-electron chi connectivity index (χ0n) is 16.3. The highest BCUT2D eigenvalue weighted by Crippen LogP contribution is 2.61. The van der Waals surface area contributed by atoms with Gasteiger partial charge < -0.3 is 10.6 Å². The van der Waals surface area contributed by atoms with Crippen LogP contribution in [0.5, 0.6) is 0 Å². The molecular formula is C22H28F2N2O2. The monoisotopic (exact) mass is 390 g/mol. The van der Waals surface area contributed by atoms with Gasteiger partial charge in [0.25, 0.3) is 5.91 Å². The summed E-state index contributed by atoms with van der Waals surface area (Å²) >= 11 is 0. The minimum Gasteiger partial charge on any atom is -0.353 e. The smallest absolute Gasteiger partial charge is 0.254 e. The summed E-state index contributed by atoms with van der Waals surface area (Å²) in [5.41, 5.74) is 0.0222. The second kappa shape index (κ2) is 7.45. The molecule has 28 heavy (non-hydrogen) atoms. The maximum Gasteiger partial charge on any atom is 0.254 e. The van der Waals surface area contributed by atoms with E-state index in [9.17, 15) is 18.4 Å². The van der Waals surface area contributed by atoms with E-state index in [1.54, 1.807) is 0 Å². The van der Waals surface area contributed by atoms with Crippen LogP contribution >= 0.6 is 0 Å². The molecule has 1 atom stereocenters. The van der Waals surface area contributed by atoms with Crippen molar-refractivity contribution in [3.8, 4) is 0 Å². The summed E-state index contributed by atoms with van der Waals surface area (Å²) in [5, 5.41) is 5.69. The van der Waals surface area contributed by atoms with Gasteiger partial charge in [0.15, 0.2) is 0 Å². The van der Waals surface area contributed by atoms with Gasteiger partial charge in [-0.05, 0) is 80.8 Å². The van der Waals surface area contributed by atoms with E-state index in [1.807, 2.05) is 0 Å². The minimum atomic E-state index is -0.905. The number of amides is 2. The molecule has 5 rings (SSSR count). The third kappa shape index (κ3) is 3.78. The summed E-state index contributed by atoms with van der Waals surface area (Å²) < 4.78 is 26.6. The van der Waals surface area contributed by atoms with Gasteiger partial charge in [-0.25, -0.2) is 8.78 Å². The van der Waals surface area contributed by atoms with Gasteiger partial charge in [0, 0.05) is 25.1 Å². The van der Waals surface area contributed by atoms with Gasteiger partial charge in [0.05, 0.1) is 5.56 Å². The molecule has 1 aromatic rings. The van der Waals surface area contributed by atoms with Crippen LogP contribution in [0.4, 0.5) is 8.78 Å². The van der Waals surface area contributed by atoms with Crippen LogP contribution in [0, 0.1) is 34.8 Å². The molecule has 0 aromatic heterocycles. The Labute approximate surface area is 164 Å². The molecule has 4 aliphatic rings. The fourth-order valence-corrected chi connectivity index (χ4v) is 6.23. The second-order valence-electron chi connectivity index (χ2n) is 9.20. The number of halogens is 2. The van der Waals surface area contributed by atoms with E-state index in [2.05, 4.69) is 17.6 Å². The second-order valence-corrected chi connectivity index (χ2v) is 9.20. The van der Waals surface area contributed by atoms with Crippen molar-refractivity contribution in [3.05, 3.63) is 35.4 Å². The summed E-state index contributed by atoms with van der Waals surface area (Å²) in [6.45, 7) is 2.24. The molecule has 2 amide bonds. The van der Waals surface area contributed by atoms with Crippen LogP contribution < -0.4 is 10.6 Å². The Morgan fingerprint density at radius 2 is 1.71 bits per heavy atom. The van der Waals surface area contributed by atoms with Crippen molar-refractivity contribution in [3.63, 3.8) is 0 Å². The van der Waals surface area contributed by atoms with Gasteiger partial charge in [-0.15, -0.1) is 0 Å². The van der Waals surface area contributed by atoms with Crippen molar-refractivity contribution in [2.24, 2.45) is 23.2 Å². The Kier molecular flexibility index (Phi) is 5.15. The molecule has 152 valence electrons. The van der Waals surface area contributed by atoms with Crippen LogP contribution in [-0.4, -0.2) is 24.4 Å². The largest absolute Gasteiger partial charge is 0.353 e. The number of carbonyl (C=O) groups is 2. The van der Waals surface area contributed by atoms with Gasteiger partial charge >= 0.3 is 0 Å². The molecule has 0 spiro atoms. The molecule has 4 nitrogen and oxygen atoms in total. The fourth-order valence-electron chi connectivity index (χ4n) is 6.23. The quantitative estimate of drug-likeness (QED) is 0.776. The van der Waals surface area contributed by atoms with E-state index in [-0.39, 0.29) is 35.9 Å². The molecule has 1 unspecified atom stereocenters. The maximum absolute atomic E-state index is 13.6. The number of carbonyl (C=O) groups excluding carboxylic acids is 2. The zero-order chi connectivity index (χ0) is 19.9. The Bertz CT molecular complexity index is 745. The third-order valence-electron chi connectivity index (χ3n) is 7.20. The van der Waals surface area contributed by atoms with Crippen LogP contribution in [0.2, 0.25) is 0 Å². The third-order valence-corrected chi connectivity index (χ3v) is 7.20. The lowest BCUT2D eigenvalue weighted by molar-refractivity contribution is -0.125. The molecule has 2 N–H and O–H groups in total. The molecule has 4 saturated carbocycles. The predicted molar refractivity (Wildman–Crippen MR) is 102 cm³/mol. The van der Waals surface area contributed by atoms with E-state index in [1.165, 1.54) is 38.5 Å². The normalized spacial score (nSPS) is 31.5. The summed E-state index contributed by atoms with van der Waals surface area (Å²) in [4.78, 5) is 24.4. The van der Waals surface area contributed by atoms with Crippen molar-refractivity contribution >= 4 is 11.8 Å². The summed E-state index contributed by atoms with van der Waals surface area (Å²) in [6.07, 6.45) is 7.91. The topological polar surface area (TPSA) is 58.2 Å². The molecule has 0 saturated heterocycles. The van der Waals surface area contributed by atoms with Crippen LogP contribution in [0.3, 0.4) is 0 Å². The number of rotatable bonds is 6. The van der Waals surface area contributed by atoms with Crippen molar-refractivity contribution in [1.82, 2.24) is 10.6 Å². The van der Waals surface area contributed by atoms with Crippen molar-refractivity contribution < 1.29 is 18.4 Å². The van der Waals surface area contributed by atoms with E-state index >= 15 is 0 Å². The Balaban J connectivity index is 1.26. The van der Waals surface area contributed by atoms with E-state index in [0.29, 0.717) is 6.07 Å². The number of nitrogens with one attached hydrogen (secondary N) is 2. The lowest BCUT2D eigenvalue weighted by atomic mass is 9.48. The van der Waals surface area contributed by atoms with E-state index < -0.39 is 17.5 Å². The van der Waals surface area contributed by atoms with Gasteiger partial charge in [0.2, 0.25) is 5.91 Å². The van der Waals surface area contributed by atoms with Crippen LogP contribution in [0.15, 0.2) is 18.2 Å². The Hall–Kier alpha value is -1.98. The average molecular weight is 390 g/mol. The van der Waals surface area contributed by atoms with Gasteiger partial charge in [0.1, 0.15) is 11.6 Å². The lowest BCUT2D eigenvalue weighted by Crippen LogP contribution is -2.56. The van der Waals surface area contributed by atoms with Crippen LogP contribution in [0.1, 0.15) is 62.2 Å². The first-order chi connectivity index (χ1) is 13.3. The van der Waals surface area contributed by atoms with E-state index in [4.69, 9.17) is 0 Å². The Morgan fingerprint density at radius 3 is 2.29 bits per heavy atom. The maximum atomic E-state index is 13.6. The molecular weight excluding hydrogens is 362 g/mol. The molecule has 0 aliphatic heterocycles. The molecule has 1 aromatic carbocycles.